The van der Waals surface area contributed by atoms with Gasteiger partial charge in [-0.05, 0) is 17.7 Å². The van der Waals surface area contributed by atoms with Gasteiger partial charge in [-0.2, -0.15) is 0 Å². The second-order valence-electron chi connectivity index (χ2n) is 5.02. The van der Waals surface area contributed by atoms with Crippen molar-refractivity contribution in [3.8, 4) is 0 Å². The molecule has 0 bridgehead atoms. The SMILES string of the molecule is C[C@H]1C(=O)N(C(=O)c2ccccc2)[C@H]1c1ccccc1. The Morgan fingerprint density at radius 1 is 0.950 bits per heavy atom. The van der Waals surface area contributed by atoms with Gasteiger partial charge in [-0.1, -0.05) is 55.5 Å². The Bertz CT molecular complexity index is 637. The third-order valence-electron chi connectivity index (χ3n) is 3.76. The van der Waals surface area contributed by atoms with Gasteiger partial charge in [0.15, 0.2) is 0 Å². The number of hydrogen-bond donors (Lipinski definition) is 0. The van der Waals surface area contributed by atoms with Crippen LogP contribution in [0.15, 0.2) is 60.7 Å². The molecule has 0 aliphatic carbocycles. The normalized spacial score (nSPS) is 21.4. The number of rotatable bonds is 2. The van der Waals surface area contributed by atoms with Gasteiger partial charge in [-0.15, -0.1) is 0 Å². The molecule has 0 N–H and O–H groups in total. The van der Waals surface area contributed by atoms with Crippen molar-refractivity contribution in [3.63, 3.8) is 0 Å². The highest BCUT2D eigenvalue weighted by atomic mass is 16.2. The zero-order valence-corrected chi connectivity index (χ0v) is 11.2. The Kier molecular flexibility index (Phi) is 3.11. The van der Waals surface area contributed by atoms with E-state index in [0.717, 1.165) is 5.56 Å². The number of imide groups is 1. The van der Waals surface area contributed by atoms with Gasteiger partial charge in [0.2, 0.25) is 5.91 Å². The number of carbonyl (C=O) groups is 2. The fourth-order valence-electron chi connectivity index (χ4n) is 2.67. The van der Waals surface area contributed by atoms with Crippen molar-refractivity contribution < 1.29 is 9.59 Å². The van der Waals surface area contributed by atoms with Crippen molar-refractivity contribution >= 4 is 11.8 Å². The van der Waals surface area contributed by atoms with Crippen LogP contribution in [-0.2, 0) is 4.79 Å². The average molecular weight is 265 g/mol. The highest BCUT2D eigenvalue weighted by molar-refractivity contribution is 6.09. The quantitative estimate of drug-likeness (QED) is 0.618. The third-order valence-corrected chi connectivity index (χ3v) is 3.76. The Hall–Kier alpha value is -2.42. The van der Waals surface area contributed by atoms with Crippen LogP contribution in [0.1, 0.15) is 28.9 Å². The van der Waals surface area contributed by atoms with Crippen LogP contribution in [0.25, 0.3) is 0 Å². The number of nitrogens with zero attached hydrogens (tertiary/aromatic N) is 1. The van der Waals surface area contributed by atoms with Crippen molar-refractivity contribution in [1.29, 1.82) is 0 Å². The highest BCUT2D eigenvalue weighted by Gasteiger charge is 2.48. The van der Waals surface area contributed by atoms with Gasteiger partial charge < -0.3 is 0 Å². The van der Waals surface area contributed by atoms with E-state index in [1.165, 1.54) is 4.90 Å². The van der Waals surface area contributed by atoms with E-state index < -0.39 is 0 Å². The van der Waals surface area contributed by atoms with Crippen LogP contribution in [0, 0.1) is 5.92 Å². The summed E-state index contributed by atoms with van der Waals surface area (Å²) in [5, 5.41) is 0. The van der Waals surface area contributed by atoms with Gasteiger partial charge >= 0.3 is 0 Å². The van der Waals surface area contributed by atoms with E-state index in [1.54, 1.807) is 24.3 Å². The zero-order chi connectivity index (χ0) is 14.1. The molecule has 3 nitrogen and oxygen atoms in total. The number of hydrogen-bond acceptors (Lipinski definition) is 2. The van der Waals surface area contributed by atoms with Crippen LogP contribution in [0.3, 0.4) is 0 Å². The first-order chi connectivity index (χ1) is 9.70. The summed E-state index contributed by atoms with van der Waals surface area (Å²) in [5.41, 5.74) is 1.55. The molecule has 0 radical (unpaired) electrons. The minimum atomic E-state index is -0.220. The molecule has 1 fully saturated rings. The third kappa shape index (κ3) is 1.92. The van der Waals surface area contributed by atoms with Crippen molar-refractivity contribution in [2.24, 2.45) is 5.92 Å². The Morgan fingerprint density at radius 2 is 1.50 bits per heavy atom. The van der Waals surface area contributed by atoms with Crippen molar-refractivity contribution in [3.05, 3.63) is 71.8 Å². The minimum Gasteiger partial charge on any atom is -0.274 e. The van der Waals surface area contributed by atoms with E-state index in [2.05, 4.69) is 0 Å². The molecule has 3 rings (SSSR count). The summed E-state index contributed by atoms with van der Waals surface area (Å²) < 4.78 is 0. The lowest BCUT2D eigenvalue weighted by Gasteiger charge is -2.44. The number of benzene rings is 2. The van der Waals surface area contributed by atoms with Gasteiger partial charge in [0.25, 0.3) is 5.91 Å². The van der Waals surface area contributed by atoms with Crippen molar-refractivity contribution in [2.75, 3.05) is 0 Å². The van der Waals surface area contributed by atoms with E-state index >= 15 is 0 Å². The molecule has 0 unspecified atom stereocenters. The Labute approximate surface area is 117 Å². The van der Waals surface area contributed by atoms with Crippen LogP contribution in [-0.4, -0.2) is 16.7 Å². The molecule has 2 aromatic carbocycles. The largest absolute Gasteiger partial charge is 0.274 e. The second-order valence-corrected chi connectivity index (χ2v) is 5.02. The van der Waals surface area contributed by atoms with Gasteiger partial charge in [0.1, 0.15) is 0 Å². The first-order valence-corrected chi connectivity index (χ1v) is 6.67. The Morgan fingerprint density at radius 3 is 2.10 bits per heavy atom. The summed E-state index contributed by atoms with van der Waals surface area (Å²) in [6.07, 6.45) is 0. The van der Waals surface area contributed by atoms with E-state index in [4.69, 9.17) is 0 Å². The van der Waals surface area contributed by atoms with E-state index in [-0.39, 0.29) is 23.8 Å². The summed E-state index contributed by atoms with van der Waals surface area (Å²) in [5.74, 6) is -0.472. The molecular weight excluding hydrogens is 250 g/mol. The molecule has 0 spiro atoms. The average Bonchev–Trinajstić information content (AvgIpc) is 2.52. The molecule has 1 heterocycles. The molecule has 3 heteroatoms. The van der Waals surface area contributed by atoms with E-state index in [1.807, 2.05) is 43.3 Å². The molecule has 20 heavy (non-hydrogen) atoms. The molecule has 1 saturated heterocycles. The van der Waals surface area contributed by atoms with Crippen molar-refractivity contribution in [1.82, 2.24) is 4.90 Å². The van der Waals surface area contributed by atoms with Crippen LogP contribution in [0.2, 0.25) is 0 Å². The van der Waals surface area contributed by atoms with E-state index in [0.29, 0.717) is 5.56 Å². The summed E-state index contributed by atoms with van der Waals surface area (Å²) in [6, 6.07) is 18.5. The van der Waals surface area contributed by atoms with Crippen LogP contribution < -0.4 is 0 Å². The lowest BCUT2D eigenvalue weighted by Crippen LogP contribution is -2.56. The minimum absolute atomic E-state index is 0.104. The molecular formula is C17H15NO2. The van der Waals surface area contributed by atoms with Gasteiger partial charge in [0, 0.05) is 5.56 Å². The lowest BCUT2D eigenvalue weighted by molar-refractivity contribution is -0.149. The fraction of sp³-hybridized carbons (Fsp3) is 0.176. The van der Waals surface area contributed by atoms with E-state index in [9.17, 15) is 9.59 Å². The van der Waals surface area contributed by atoms with Crippen molar-refractivity contribution in [2.45, 2.75) is 13.0 Å². The molecule has 1 aliphatic heterocycles. The summed E-state index contributed by atoms with van der Waals surface area (Å²) in [7, 11) is 0. The maximum atomic E-state index is 12.5. The molecule has 2 atom stereocenters. The molecule has 0 aromatic heterocycles. The van der Waals surface area contributed by atoms with Crippen LogP contribution in [0.5, 0.6) is 0 Å². The fourth-order valence-corrected chi connectivity index (χ4v) is 2.67. The highest BCUT2D eigenvalue weighted by Crippen LogP contribution is 2.40. The molecule has 2 aromatic rings. The number of amides is 2. The number of carbonyl (C=O) groups excluding carboxylic acids is 2. The lowest BCUT2D eigenvalue weighted by atomic mass is 9.83. The standard InChI is InChI=1S/C17H15NO2/c1-12-15(13-8-4-2-5-9-13)18(16(12)19)17(20)14-10-6-3-7-11-14/h2-12,15H,1H3/t12-,15-/m1/s1. The first-order valence-electron chi connectivity index (χ1n) is 6.67. The topological polar surface area (TPSA) is 37.4 Å². The van der Waals surface area contributed by atoms with Crippen LogP contribution in [0.4, 0.5) is 0 Å². The maximum Gasteiger partial charge on any atom is 0.261 e. The molecule has 1 aliphatic rings. The monoisotopic (exact) mass is 265 g/mol. The second kappa shape index (κ2) is 4.93. The molecule has 0 saturated carbocycles. The van der Waals surface area contributed by atoms with Gasteiger partial charge in [-0.25, -0.2) is 0 Å². The number of likely N-dealkylation sites (tertiary alicyclic amines) is 1. The predicted octanol–water partition coefficient (Wildman–Crippen LogP) is 3.05. The predicted molar refractivity (Wildman–Crippen MR) is 76.0 cm³/mol. The summed E-state index contributed by atoms with van der Waals surface area (Å²) in [4.78, 5) is 25.9. The first kappa shape index (κ1) is 12.6. The van der Waals surface area contributed by atoms with Gasteiger partial charge in [-0.3, -0.25) is 14.5 Å². The summed E-state index contributed by atoms with van der Waals surface area (Å²) >= 11 is 0. The Balaban J connectivity index is 1.92. The summed E-state index contributed by atoms with van der Waals surface area (Å²) in [6.45, 7) is 1.87. The molecule has 2 amide bonds. The smallest absolute Gasteiger partial charge is 0.261 e. The van der Waals surface area contributed by atoms with Gasteiger partial charge in [0.05, 0.1) is 12.0 Å². The number of β-lactam (4-membered cyclic amide) rings is 1. The zero-order valence-electron chi connectivity index (χ0n) is 11.2. The maximum absolute atomic E-state index is 12.5. The molecule has 100 valence electrons. The van der Waals surface area contributed by atoms with Crippen LogP contribution >= 0.6 is 0 Å².